The molecule has 1 heterocycles. The van der Waals surface area contributed by atoms with Gasteiger partial charge in [-0.05, 0) is 42.7 Å². The summed E-state index contributed by atoms with van der Waals surface area (Å²) in [5, 5.41) is 5.46. The summed E-state index contributed by atoms with van der Waals surface area (Å²) in [6.45, 7) is 1.09. The van der Waals surface area contributed by atoms with Crippen LogP contribution in [0.3, 0.4) is 0 Å². The number of para-hydroxylation sites is 1. The molecule has 2 amide bonds. The van der Waals surface area contributed by atoms with Gasteiger partial charge in [-0.25, -0.2) is 0 Å². The number of ether oxygens (including phenoxy) is 1. The van der Waals surface area contributed by atoms with E-state index in [9.17, 15) is 22.8 Å². The second-order valence-electron chi connectivity index (χ2n) is 6.81. The second-order valence-corrected chi connectivity index (χ2v) is 6.81. The molecule has 1 aliphatic heterocycles. The molecule has 1 atom stereocenters. The smallest absolute Gasteiger partial charge is 0.376 e. The number of carbonyl (C=O) groups excluding carboxylic acids is 2. The first-order valence-electron chi connectivity index (χ1n) is 9.28. The summed E-state index contributed by atoms with van der Waals surface area (Å²) >= 11 is 0. The Labute approximate surface area is 166 Å². The maximum Gasteiger partial charge on any atom is 0.416 e. The van der Waals surface area contributed by atoms with Crippen molar-refractivity contribution in [3.05, 3.63) is 65.2 Å². The summed E-state index contributed by atoms with van der Waals surface area (Å²) in [6, 6.07) is 11.0. The van der Waals surface area contributed by atoms with Crippen molar-refractivity contribution in [1.82, 2.24) is 5.32 Å². The monoisotopic (exact) mass is 406 g/mol. The number of amides is 2. The van der Waals surface area contributed by atoms with Gasteiger partial charge in [0, 0.05) is 13.2 Å². The molecule has 1 unspecified atom stereocenters. The maximum atomic E-state index is 12.6. The molecule has 0 aliphatic carbocycles. The minimum atomic E-state index is -4.42. The average molecular weight is 406 g/mol. The minimum absolute atomic E-state index is 0.000346. The fraction of sp³-hybridized carbons (Fsp3) is 0.333. The van der Waals surface area contributed by atoms with Crippen LogP contribution >= 0.6 is 0 Å². The van der Waals surface area contributed by atoms with Crippen molar-refractivity contribution >= 4 is 17.5 Å². The van der Waals surface area contributed by atoms with Crippen molar-refractivity contribution in [1.29, 1.82) is 0 Å². The van der Waals surface area contributed by atoms with Crippen LogP contribution < -0.4 is 10.6 Å². The predicted molar refractivity (Wildman–Crippen MR) is 102 cm³/mol. The first-order chi connectivity index (χ1) is 13.8. The van der Waals surface area contributed by atoms with Crippen LogP contribution in [0.4, 0.5) is 18.9 Å². The maximum absolute atomic E-state index is 12.6. The first-order valence-corrected chi connectivity index (χ1v) is 9.28. The van der Waals surface area contributed by atoms with Crippen LogP contribution in [0.15, 0.2) is 48.5 Å². The van der Waals surface area contributed by atoms with Gasteiger partial charge in [-0.15, -0.1) is 0 Å². The predicted octanol–water partition coefficient (Wildman–Crippen LogP) is 3.80. The Kier molecular flexibility index (Phi) is 6.53. The van der Waals surface area contributed by atoms with E-state index in [2.05, 4.69) is 10.6 Å². The molecule has 2 aromatic rings. The van der Waals surface area contributed by atoms with E-state index in [4.69, 9.17) is 4.74 Å². The molecule has 1 fully saturated rings. The number of benzene rings is 2. The highest BCUT2D eigenvalue weighted by Crippen LogP contribution is 2.29. The van der Waals surface area contributed by atoms with Gasteiger partial charge in [0.15, 0.2) is 0 Å². The van der Waals surface area contributed by atoms with Crippen LogP contribution in [0.2, 0.25) is 0 Å². The van der Waals surface area contributed by atoms with Gasteiger partial charge in [0.1, 0.15) is 0 Å². The molecule has 1 aliphatic rings. The highest BCUT2D eigenvalue weighted by molar-refractivity contribution is 6.04. The van der Waals surface area contributed by atoms with Crippen LogP contribution in [0.5, 0.6) is 0 Å². The molecule has 29 heavy (non-hydrogen) atoms. The van der Waals surface area contributed by atoms with Crippen molar-refractivity contribution in [2.24, 2.45) is 0 Å². The van der Waals surface area contributed by atoms with Crippen molar-refractivity contribution in [2.75, 3.05) is 18.5 Å². The lowest BCUT2D eigenvalue weighted by Gasteiger charge is -2.14. The van der Waals surface area contributed by atoms with Crippen LogP contribution in [0, 0.1) is 0 Å². The fourth-order valence-electron chi connectivity index (χ4n) is 3.09. The SMILES string of the molecule is O=C(Cc1ccc(C(F)(F)F)cc1)Nc1ccccc1C(=O)NCC1CCCO1. The number of hydrogen-bond acceptors (Lipinski definition) is 3. The average Bonchev–Trinajstić information content (AvgIpc) is 3.20. The Morgan fingerprint density at radius 1 is 1.07 bits per heavy atom. The Balaban J connectivity index is 1.60. The van der Waals surface area contributed by atoms with Crippen molar-refractivity contribution in [3.63, 3.8) is 0 Å². The standard InChI is InChI=1S/C21H21F3N2O3/c22-21(23,24)15-9-7-14(8-10-15)12-19(27)26-18-6-2-1-5-17(18)20(28)25-13-16-4-3-11-29-16/h1-2,5-10,16H,3-4,11-13H2,(H,25,28)(H,26,27). The van der Waals surface area contributed by atoms with E-state index in [1.54, 1.807) is 24.3 Å². The van der Waals surface area contributed by atoms with Gasteiger partial charge in [0.05, 0.1) is 29.3 Å². The van der Waals surface area contributed by atoms with Gasteiger partial charge < -0.3 is 15.4 Å². The molecular formula is C21H21F3N2O3. The fourth-order valence-corrected chi connectivity index (χ4v) is 3.09. The van der Waals surface area contributed by atoms with Crippen LogP contribution in [-0.2, 0) is 22.1 Å². The molecule has 0 radical (unpaired) electrons. The summed E-state index contributed by atoms with van der Waals surface area (Å²) in [6.07, 6.45) is -2.66. The van der Waals surface area contributed by atoms with E-state index in [0.717, 1.165) is 25.0 Å². The van der Waals surface area contributed by atoms with E-state index >= 15 is 0 Å². The number of nitrogens with one attached hydrogen (secondary N) is 2. The van der Waals surface area contributed by atoms with E-state index in [1.165, 1.54) is 12.1 Å². The third-order valence-corrected chi connectivity index (χ3v) is 4.61. The molecule has 5 nitrogen and oxygen atoms in total. The van der Waals surface area contributed by atoms with E-state index in [-0.39, 0.29) is 18.4 Å². The number of alkyl halides is 3. The minimum Gasteiger partial charge on any atom is -0.376 e. The molecule has 1 saturated heterocycles. The topological polar surface area (TPSA) is 67.4 Å². The highest BCUT2D eigenvalue weighted by Gasteiger charge is 2.30. The van der Waals surface area contributed by atoms with Crippen LogP contribution in [0.1, 0.15) is 34.3 Å². The third kappa shape index (κ3) is 5.80. The number of anilines is 1. The number of halogens is 3. The first kappa shape index (κ1) is 20.9. The van der Waals surface area contributed by atoms with Gasteiger partial charge >= 0.3 is 6.18 Å². The molecular weight excluding hydrogens is 385 g/mol. The summed E-state index contributed by atoms with van der Waals surface area (Å²) in [5.74, 6) is -0.755. The van der Waals surface area contributed by atoms with E-state index in [0.29, 0.717) is 30.0 Å². The zero-order valence-electron chi connectivity index (χ0n) is 15.6. The molecule has 2 aromatic carbocycles. The molecule has 0 spiro atoms. The molecule has 0 bridgehead atoms. The van der Waals surface area contributed by atoms with Gasteiger partial charge in [0.2, 0.25) is 5.91 Å². The summed E-state index contributed by atoms with van der Waals surface area (Å²) in [5.41, 5.74) is 0.325. The highest BCUT2D eigenvalue weighted by atomic mass is 19.4. The van der Waals surface area contributed by atoms with Crippen molar-refractivity contribution in [3.8, 4) is 0 Å². The van der Waals surface area contributed by atoms with E-state index < -0.39 is 17.6 Å². The number of rotatable bonds is 6. The lowest BCUT2D eigenvalue weighted by molar-refractivity contribution is -0.137. The molecule has 0 saturated carbocycles. The van der Waals surface area contributed by atoms with Gasteiger partial charge in [-0.2, -0.15) is 13.2 Å². The van der Waals surface area contributed by atoms with Gasteiger partial charge in [-0.3, -0.25) is 9.59 Å². The molecule has 154 valence electrons. The number of hydrogen-bond donors (Lipinski definition) is 2. The summed E-state index contributed by atoms with van der Waals surface area (Å²) in [4.78, 5) is 24.8. The largest absolute Gasteiger partial charge is 0.416 e. The quantitative estimate of drug-likeness (QED) is 0.767. The molecule has 3 rings (SSSR count). The molecule has 8 heteroatoms. The number of carbonyl (C=O) groups is 2. The second kappa shape index (κ2) is 9.09. The Hall–Kier alpha value is -2.87. The van der Waals surface area contributed by atoms with Crippen molar-refractivity contribution < 1.29 is 27.5 Å². The lowest BCUT2D eigenvalue weighted by atomic mass is 10.1. The summed E-state index contributed by atoms with van der Waals surface area (Å²) in [7, 11) is 0. The Morgan fingerprint density at radius 2 is 1.79 bits per heavy atom. The van der Waals surface area contributed by atoms with Gasteiger partial charge in [-0.1, -0.05) is 24.3 Å². The molecule has 2 N–H and O–H groups in total. The van der Waals surface area contributed by atoms with Crippen LogP contribution in [-0.4, -0.2) is 31.1 Å². The van der Waals surface area contributed by atoms with Crippen LogP contribution in [0.25, 0.3) is 0 Å². The Morgan fingerprint density at radius 3 is 2.45 bits per heavy atom. The van der Waals surface area contributed by atoms with Gasteiger partial charge in [0.25, 0.3) is 5.91 Å². The van der Waals surface area contributed by atoms with E-state index in [1.807, 2.05) is 0 Å². The molecule has 0 aromatic heterocycles. The zero-order chi connectivity index (χ0) is 20.9. The third-order valence-electron chi connectivity index (χ3n) is 4.61. The van der Waals surface area contributed by atoms with Crippen molar-refractivity contribution in [2.45, 2.75) is 31.5 Å². The lowest BCUT2D eigenvalue weighted by Crippen LogP contribution is -2.32. The summed E-state index contributed by atoms with van der Waals surface area (Å²) < 4.78 is 43.4. The normalized spacial score (nSPS) is 16.4. The zero-order valence-corrected chi connectivity index (χ0v) is 15.6. The Bertz CT molecular complexity index is 860.